The van der Waals surface area contributed by atoms with Gasteiger partial charge in [-0.25, -0.2) is 9.97 Å². The average Bonchev–Trinajstić information content (AvgIpc) is 3.44. The summed E-state index contributed by atoms with van der Waals surface area (Å²) in [5, 5.41) is 3.10. The highest BCUT2D eigenvalue weighted by molar-refractivity contribution is 5.80. The molecule has 1 N–H and O–H groups in total. The van der Waals surface area contributed by atoms with Crippen LogP contribution in [0.2, 0.25) is 0 Å². The van der Waals surface area contributed by atoms with Gasteiger partial charge in [0.25, 0.3) is 0 Å². The third kappa shape index (κ3) is 5.03. The molecule has 2 aliphatic rings. The molecule has 1 unspecified atom stereocenters. The predicted octanol–water partition coefficient (Wildman–Crippen LogP) is 3.18. The maximum absolute atomic E-state index is 12.7. The van der Waals surface area contributed by atoms with Crippen molar-refractivity contribution in [1.29, 1.82) is 0 Å². The van der Waals surface area contributed by atoms with Crippen molar-refractivity contribution >= 4 is 17.6 Å². The summed E-state index contributed by atoms with van der Waals surface area (Å²) in [5.74, 6) is 1.83. The van der Waals surface area contributed by atoms with Gasteiger partial charge in [-0.3, -0.25) is 9.59 Å². The minimum absolute atomic E-state index is 0.0286. The zero-order valence-electron chi connectivity index (χ0n) is 18.4. The first-order valence-corrected chi connectivity index (χ1v) is 11.2. The van der Waals surface area contributed by atoms with E-state index in [1.807, 2.05) is 55.4 Å². The van der Waals surface area contributed by atoms with E-state index < -0.39 is 0 Å². The van der Waals surface area contributed by atoms with Crippen molar-refractivity contribution in [2.75, 3.05) is 26.0 Å². The van der Waals surface area contributed by atoms with Gasteiger partial charge in [0.05, 0.1) is 12.2 Å². The van der Waals surface area contributed by atoms with Crippen molar-refractivity contribution in [2.24, 2.45) is 5.92 Å². The Morgan fingerprint density at radius 3 is 2.65 bits per heavy atom. The number of anilines is 1. The first-order valence-electron chi connectivity index (χ1n) is 11.2. The largest absolute Gasteiger partial charge is 0.373 e. The Balaban J connectivity index is 1.47. The van der Waals surface area contributed by atoms with Crippen molar-refractivity contribution in [3.05, 3.63) is 53.5 Å². The van der Waals surface area contributed by atoms with Crippen LogP contribution in [0.5, 0.6) is 0 Å². The molecule has 2 fully saturated rings. The van der Waals surface area contributed by atoms with Crippen LogP contribution in [-0.4, -0.2) is 52.2 Å². The molecule has 164 valence electrons. The van der Waals surface area contributed by atoms with Crippen molar-refractivity contribution in [3.8, 4) is 0 Å². The number of hydrogen-bond donors (Lipinski definition) is 1. The van der Waals surface area contributed by atoms with Crippen molar-refractivity contribution in [2.45, 2.75) is 51.1 Å². The number of likely N-dealkylation sites (tertiary alicyclic amines) is 1. The van der Waals surface area contributed by atoms with E-state index in [-0.39, 0.29) is 23.7 Å². The number of aromatic nitrogens is 2. The molecular formula is C24H31N5O2. The third-order valence-electron chi connectivity index (χ3n) is 6.36. The molecule has 1 aliphatic heterocycles. The molecule has 0 bridgehead atoms. The van der Waals surface area contributed by atoms with Gasteiger partial charge < -0.3 is 15.1 Å². The van der Waals surface area contributed by atoms with E-state index in [0.29, 0.717) is 31.9 Å². The van der Waals surface area contributed by atoms with E-state index in [4.69, 9.17) is 4.98 Å². The molecule has 31 heavy (non-hydrogen) atoms. The summed E-state index contributed by atoms with van der Waals surface area (Å²) in [5.41, 5.74) is 1.99. The number of rotatable bonds is 7. The van der Waals surface area contributed by atoms with Gasteiger partial charge in [0.2, 0.25) is 11.8 Å². The van der Waals surface area contributed by atoms with E-state index in [9.17, 15) is 9.59 Å². The summed E-state index contributed by atoms with van der Waals surface area (Å²) in [7, 11) is 3.65. The molecule has 1 atom stereocenters. The topological polar surface area (TPSA) is 78.4 Å². The molecular weight excluding hydrogens is 390 g/mol. The monoisotopic (exact) mass is 421 g/mol. The fraction of sp³-hybridized carbons (Fsp3) is 0.500. The van der Waals surface area contributed by atoms with Gasteiger partial charge >= 0.3 is 0 Å². The Morgan fingerprint density at radius 2 is 1.94 bits per heavy atom. The van der Waals surface area contributed by atoms with Crippen LogP contribution in [0.4, 0.5) is 5.82 Å². The number of carbonyl (C=O) groups is 2. The molecule has 2 aromatic rings. The normalized spacial score (nSPS) is 19.1. The molecule has 7 heteroatoms. The molecule has 1 aliphatic carbocycles. The minimum Gasteiger partial charge on any atom is -0.373 e. The van der Waals surface area contributed by atoms with Crippen LogP contribution in [0.3, 0.4) is 0 Å². The Morgan fingerprint density at radius 1 is 1.19 bits per heavy atom. The molecule has 0 spiro atoms. The lowest BCUT2D eigenvalue weighted by atomic mass is 10.0. The van der Waals surface area contributed by atoms with Gasteiger partial charge in [-0.15, -0.1) is 0 Å². The Bertz CT molecular complexity index is 927. The molecule has 1 saturated heterocycles. The molecule has 1 aromatic carbocycles. The van der Waals surface area contributed by atoms with Gasteiger partial charge in [-0.2, -0.15) is 0 Å². The van der Waals surface area contributed by atoms with Gasteiger partial charge in [0, 0.05) is 51.5 Å². The second-order valence-corrected chi connectivity index (χ2v) is 8.68. The lowest BCUT2D eigenvalue weighted by molar-refractivity contribution is -0.134. The Kier molecular flexibility index (Phi) is 6.49. The molecule has 2 amide bonds. The van der Waals surface area contributed by atoms with Crippen LogP contribution in [0, 0.1) is 5.92 Å². The predicted molar refractivity (Wildman–Crippen MR) is 119 cm³/mol. The third-order valence-corrected chi connectivity index (χ3v) is 6.36. The number of nitrogens with one attached hydrogen (secondary N) is 1. The fourth-order valence-corrected chi connectivity index (χ4v) is 4.63. The van der Waals surface area contributed by atoms with Crippen LogP contribution in [0.1, 0.15) is 55.1 Å². The standard InChI is InChI=1S/C24H31N5O2/c1-25-21-13-20(19-12-23(30)29(15-19)14-17-8-4-3-5-9-17)26-22(27-21)16-28(2)24(31)18-10-6-7-11-18/h3-5,8-9,13,18-19H,6-7,10-12,14-16H2,1-2H3,(H,25,26,27). The van der Waals surface area contributed by atoms with Crippen LogP contribution in [-0.2, 0) is 22.7 Å². The van der Waals surface area contributed by atoms with Crippen LogP contribution in [0.15, 0.2) is 36.4 Å². The van der Waals surface area contributed by atoms with E-state index in [2.05, 4.69) is 10.3 Å². The lowest BCUT2D eigenvalue weighted by Crippen LogP contribution is -2.32. The van der Waals surface area contributed by atoms with Crippen molar-refractivity contribution in [1.82, 2.24) is 19.8 Å². The molecule has 2 heterocycles. The van der Waals surface area contributed by atoms with E-state index in [1.54, 1.807) is 4.90 Å². The van der Waals surface area contributed by atoms with Gasteiger partial charge in [-0.1, -0.05) is 43.2 Å². The fourth-order valence-electron chi connectivity index (χ4n) is 4.63. The Labute approximate surface area is 183 Å². The van der Waals surface area contributed by atoms with Gasteiger partial charge in [0.15, 0.2) is 0 Å². The van der Waals surface area contributed by atoms with Crippen molar-refractivity contribution in [3.63, 3.8) is 0 Å². The number of amides is 2. The maximum atomic E-state index is 12.7. The summed E-state index contributed by atoms with van der Waals surface area (Å²) in [6, 6.07) is 12.0. The first kappa shape index (κ1) is 21.3. The van der Waals surface area contributed by atoms with E-state index in [0.717, 1.165) is 42.8 Å². The summed E-state index contributed by atoms with van der Waals surface area (Å²) in [6.45, 7) is 1.64. The second kappa shape index (κ2) is 9.45. The average molecular weight is 422 g/mol. The molecule has 4 rings (SSSR count). The highest BCUT2D eigenvalue weighted by Crippen LogP contribution is 2.30. The highest BCUT2D eigenvalue weighted by atomic mass is 16.2. The second-order valence-electron chi connectivity index (χ2n) is 8.68. The van der Waals surface area contributed by atoms with Crippen LogP contribution in [0.25, 0.3) is 0 Å². The zero-order valence-corrected chi connectivity index (χ0v) is 18.4. The highest BCUT2D eigenvalue weighted by Gasteiger charge is 2.32. The molecule has 1 aromatic heterocycles. The van der Waals surface area contributed by atoms with E-state index in [1.165, 1.54) is 0 Å². The number of benzene rings is 1. The lowest BCUT2D eigenvalue weighted by Gasteiger charge is -2.21. The smallest absolute Gasteiger partial charge is 0.225 e. The van der Waals surface area contributed by atoms with Gasteiger partial charge in [-0.05, 0) is 18.4 Å². The van der Waals surface area contributed by atoms with Crippen LogP contribution >= 0.6 is 0 Å². The Hall–Kier alpha value is -2.96. The van der Waals surface area contributed by atoms with Crippen molar-refractivity contribution < 1.29 is 9.59 Å². The quantitative estimate of drug-likeness (QED) is 0.743. The molecule has 1 saturated carbocycles. The summed E-state index contributed by atoms with van der Waals surface area (Å²) in [4.78, 5) is 38.3. The minimum atomic E-state index is 0.0286. The van der Waals surface area contributed by atoms with Crippen LogP contribution < -0.4 is 5.32 Å². The maximum Gasteiger partial charge on any atom is 0.225 e. The van der Waals surface area contributed by atoms with Gasteiger partial charge in [0.1, 0.15) is 11.6 Å². The summed E-state index contributed by atoms with van der Waals surface area (Å²) >= 11 is 0. The number of carbonyl (C=O) groups excluding carboxylic acids is 2. The summed E-state index contributed by atoms with van der Waals surface area (Å²) < 4.78 is 0. The number of nitrogens with zero attached hydrogens (tertiary/aromatic N) is 4. The zero-order chi connectivity index (χ0) is 21.8. The van der Waals surface area contributed by atoms with E-state index >= 15 is 0 Å². The first-order chi connectivity index (χ1) is 15.0. The summed E-state index contributed by atoms with van der Waals surface area (Å²) in [6.07, 6.45) is 4.68. The number of hydrogen-bond acceptors (Lipinski definition) is 5. The molecule has 0 radical (unpaired) electrons. The molecule has 7 nitrogen and oxygen atoms in total. The SMILES string of the molecule is CNc1cc(C2CC(=O)N(Cc3ccccc3)C2)nc(CN(C)C(=O)C2CCCC2)n1.